The number of carbonyl (C=O) groups excluding carboxylic acids is 2. The summed E-state index contributed by atoms with van der Waals surface area (Å²) >= 11 is 1.78. The van der Waals surface area contributed by atoms with Crippen LogP contribution in [0.2, 0.25) is 0 Å². The van der Waals surface area contributed by atoms with Gasteiger partial charge in [0.05, 0.1) is 0 Å². The predicted octanol–water partition coefficient (Wildman–Crippen LogP) is 3.66. The number of nitrogens with zero attached hydrogens (tertiary/aromatic N) is 1. The van der Waals surface area contributed by atoms with E-state index in [1.54, 1.807) is 12.5 Å². The maximum absolute atomic E-state index is 12.4. The molecule has 0 fully saturated rings. The first-order valence-corrected chi connectivity index (χ1v) is 9.71. The molecule has 0 unspecified atom stereocenters. The van der Waals surface area contributed by atoms with Crippen molar-refractivity contribution in [1.82, 2.24) is 4.90 Å². The third-order valence-electron chi connectivity index (χ3n) is 2.49. The molecule has 0 saturated heterocycles. The van der Waals surface area contributed by atoms with E-state index in [0.29, 0.717) is 6.42 Å². The summed E-state index contributed by atoms with van der Waals surface area (Å²) in [6.07, 6.45) is 3.94. The molecule has 0 aromatic rings. The van der Waals surface area contributed by atoms with Crippen molar-refractivity contribution in [3.63, 3.8) is 0 Å². The Balaban J connectivity index is 4.57. The quantitative estimate of drug-likeness (QED) is 0.668. The van der Waals surface area contributed by atoms with Crippen molar-refractivity contribution in [2.75, 3.05) is 38.8 Å². The highest BCUT2D eigenvalue weighted by Crippen LogP contribution is 2.55. The van der Waals surface area contributed by atoms with E-state index in [2.05, 4.69) is 4.90 Å². The Labute approximate surface area is 112 Å². The van der Waals surface area contributed by atoms with Crippen LogP contribution >= 0.6 is 30.7 Å². The number of hydrogen-bond acceptors (Lipinski definition) is 6. The Morgan fingerprint density at radius 1 is 1.18 bits per heavy atom. The van der Waals surface area contributed by atoms with Gasteiger partial charge in [0.2, 0.25) is 7.14 Å². The zero-order valence-corrected chi connectivity index (χ0v) is 13.3. The molecule has 7 heteroatoms. The molecular weight excluding hydrogens is 277 g/mol. The second-order valence-electron chi connectivity index (χ2n) is 3.65. The summed E-state index contributed by atoms with van der Waals surface area (Å²) in [5, 5.41) is 0. The van der Waals surface area contributed by atoms with Crippen LogP contribution in [0.25, 0.3) is 0 Å². The van der Waals surface area contributed by atoms with E-state index in [1.165, 1.54) is 0 Å². The van der Waals surface area contributed by atoms with Gasteiger partial charge in [-0.2, -0.15) is 0 Å². The third-order valence-corrected chi connectivity index (χ3v) is 8.18. The minimum atomic E-state index is -3.35. The molecule has 17 heavy (non-hydrogen) atoms. The fraction of sp³-hybridized carbons (Fsp3) is 0.800. The van der Waals surface area contributed by atoms with E-state index in [-0.39, 0.29) is 6.16 Å². The molecule has 0 aromatic carbocycles. The van der Waals surface area contributed by atoms with Crippen LogP contribution in [0.5, 0.6) is 0 Å². The minimum Gasteiger partial charge on any atom is -0.307 e. The van der Waals surface area contributed by atoms with Gasteiger partial charge in [0, 0.05) is 6.16 Å². The van der Waals surface area contributed by atoms with Gasteiger partial charge in [0.1, 0.15) is 0 Å². The van der Waals surface area contributed by atoms with E-state index >= 15 is 0 Å². The second kappa shape index (κ2) is 8.35. The van der Waals surface area contributed by atoms with Crippen LogP contribution < -0.4 is 0 Å². The first-order chi connectivity index (χ1) is 7.92. The van der Waals surface area contributed by atoms with E-state index in [0.717, 1.165) is 36.6 Å². The molecular formula is C10H20NO3PS2. The second-order valence-corrected chi connectivity index (χ2v) is 8.56. The van der Waals surface area contributed by atoms with Crippen molar-refractivity contribution < 1.29 is 14.2 Å². The summed E-state index contributed by atoms with van der Waals surface area (Å²) in [4.78, 5) is 24.4. The van der Waals surface area contributed by atoms with E-state index < -0.39 is 16.9 Å². The van der Waals surface area contributed by atoms with Crippen LogP contribution in [0.4, 0.5) is 9.59 Å². The molecule has 0 bridgehead atoms. The lowest BCUT2D eigenvalue weighted by molar-refractivity contribution is 0.270. The summed E-state index contributed by atoms with van der Waals surface area (Å²) in [5.74, 6) is 0. The molecule has 0 aliphatic carbocycles. The molecule has 100 valence electrons. The zero-order chi connectivity index (χ0) is 13.5. The molecule has 4 nitrogen and oxygen atoms in total. The van der Waals surface area contributed by atoms with Crippen molar-refractivity contribution >= 4 is 40.4 Å². The van der Waals surface area contributed by atoms with Gasteiger partial charge >= 0.3 is 0 Å². The van der Waals surface area contributed by atoms with E-state index in [1.807, 2.05) is 14.0 Å². The average Bonchev–Trinajstić information content (AvgIpc) is 2.35. The highest BCUT2D eigenvalue weighted by molar-refractivity contribution is 8.38. The van der Waals surface area contributed by atoms with Gasteiger partial charge in [0.15, 0.2) is 0 Å². The van der Waals surface area contributed by atoms with E-state index in [9.17, 15) is 14.2 Å². The van der Waals surface area contributed by atoms with E-state index in [4.69, 9.17) is 0 Å². The Morgan fingerprint density at radius 2 is 1.65 bits per heavy atom. The molecule has 0 atom stereocenters. The number of thioether (sulfide) groups is 2. The molecule has 0 rings (SSSR count). The van der Waals surface area contributed by atoms with Crippen LogP contribution in [0.1, 0.15) is 13.3 Å². The Morgan fingerprint density at radius 3 is 2.00 bits per heavy atom. The van der Waals surface area contributed by atoms with Crippen LogP contribution in [-0.4, -0.2) is 53.4 Å². The highest BCUT2D eigenvalue weighted by atomic mass is 32.2. The monoisotopic (exact) mass is 297 g/mol. The smallest absolute Gasteiger partial charge is 0.255 e. The third kappa shape index (κ3) is 5.16. The van der Waals surface area contributed by atoms with Crippen LogP contribution in [0.3, 0.4) is 0 Å². The lowest BCUT2D eigenvalue weighted by atomic mass is 10.4. The molecule has 0 heterocycles. The van der Waals surface area contributed by atoms with Crippen LogP contribution in [0, 0.1) is 0 Å². The average molecular weight is 297 g/mol. The van der Waals surface area contributed by atoms with Crippen molar-refractivity contribution in [2.45, 2.75) is 13.3 Å². The number of rotatable bonds is 7. The molecule has 0 radical (unpaired) electrons. The molecule has 0 aliphatic heterocycles. The fourth-order valence-electron chi connectivity index (χ4n) is 1.27. The summed E-state index contributed by atoms with van der Waals surface area (Å²) in [6.45, 7) is 3.68. The molecule has 0 aliphatic rings. The fourth-order valence-corrected chi connectivity index (χ4v) is 5.95. The molecule has 0 spiro atoms. The SMILES string of the molecule is CCN(C)CCCP(=O)(C(=O)SC)C(=O)SC. The lowest BCUT2D eigenvalue weighted by Gasteiger charge is -2.16. The molecule has 0 saturated carbocycles. The number of hydrogen-bond donors (Lipinski definition) is 0. The minimum absolute atomic E-state index is 0.191. The van der Waals surface area contributed by atoms with Gasteiger partial charge in [0.25, 0.3) is 9.71 Å². The number of carbonyl (C=O) groups is 2. The first-order valence-electron chi connectivity index (χ1n) is 5.37. The zero-order valence-electron chi connectivity index (χ0n) is 10.8. The maximum Gasteiger partial charge on any atom is 0.255 e. The largest absolute Gasteiger partial charge is 0.307 e. The Kier molecular flexibility index (Phi) is 8.47. The van der Waals surface area contributed by atoms with Gasteiger partial charge in [-0.1, -0.05) is 30.4 Å². The summed E-state index contributed by atoms with van der Waals surface area (Å²) in [6, 6.07) is 0. The molecule has 0 N–H and O–H groups in total. The van der Waals surface area contributed by atoms with Gasteiger partial charge in [-0.15, -0.1) is 0 Å². The first kappa shape index (κ1) is 17.2. The maximum atomic E-state index is 12.4. The normalized spacial score (nSPS) is 11.8. The molecule has 0 amide bonds. The topological polar surface area (TPSA) is 54.5 Å². The van der Waals surface area contributed by atoms with Crippen molar-refractivity contribution in [3.05, 3.63) is 0 Å². The summed E-state index contributed by atoms with van der Waals surface area (Å²) in [7, 11) is -1.39. The van der Waals surface area contributed by atoms with Gasteiger partial charge in [-0.05, 0) is 39.1 Å². The Bertz CT molecular complexity index is 303. The summed E-state index contributed by atoms with van der Waals surface area (Å²) in [5.41, 5.74) is 0. The lowest BCUT2D eigenvalue weighted by Crippen LogP contribution is -2.20. The van der Waals surface area contributed by atoms with Crippen LogP contribution in [0.15, 0.2) is 0 Å². The Hall–Kier alpha value is 0.230. The van der Waals surface area contributed by atoms with Crippen molar-refractivity contribution in [2.24, 2.45) is 0 Å². The van der Waals surface area contributed by atoms with Crippen molar-refractivity contribution in [1.29, 1.82) is 0 Å². The molecule has 0 aromatic heterocycles. The predicted molar refractivity (Wildman–Crippen MR) is 78.1 cm³/mol. The standard InChI is InChI=1S/C10H20NO3PS2/c1-5-11(2)7-6-8-15(14,9(12)16-3)10(13)17-4/h5-8H2,1-4H3. The highest BCUT2D eigenvalue weighted by Gasteiger charge is 2.38. The van der Waals surface area contributed by atoms with Crippen LogP contribution in [-0.2, 0) is 4.57 Å². The van der Waals surface area contributed by atoms with Crippen molar-refractivity contribution in [3.8, 4) is 0 Å². The van der Waals surface area contributed by atoms with Gasteiger partial charge < -0.3 is 9.46 Å². The van der Waals surface area contributed by atoms with Gasteiger partial charge in [-0.25, -0.2) is 0 Å². The summed E-state index contributed by atoms with van der Waals surface area (Å²) < 4.78 is 12.4. The van der Waals surface area contributed by atoms with Gasteiger partial charge in [-0.3, -0.25) is 9.59 Å².